The summed E-state index contributed by atoms with van der Waals surface area (Å²) >= 11 is 6.98. The predicted molar refractivity (Wildman–Crippen MR) is 110 cm³/mol. The number of carbonyl (C=O) groups excluding carboxylic acids is 2. The van der Waals surface area contributed by atoms with E-state index in [2.05, 4.69) is 5.32 Å². The number of rotatable bonds is 5. The molecule has 0 fully saturated rings. The molecule has 7 nitrogen and oxygen atoms in total. The highest BCUT2D eigenvalue weighted by Gasteiger charge is 2.29. The second-order valence-corrected chi connectivity index (χ2v) is 9.94. The molecule has 0 saturated heterocycles. The van der Waals surface area contributed by atoms with Crippen LogP contribution in [0.2, 0.25) is 5.02 Å². The molecule has 1 heterocycles. The van der Waals surface area contributed by atoms with Crippen LogP contribution in [0, 0.1) is 5.82 Å². The molecule has 29 heavy (non-hydrogen) atoms. The first-order valence-electron chi connectivity index (χ1n) is 8.34. The fourth-order valence-electron chi connectivity index (χ4n) is 2.64. The highest BCUT2D eigenvalue weighted by atomic mass is 35.5. The minimum Gasteiger partial charge on any atom is -0.324 e. The van der Waals surface area contributed by atoms with Gasteiger partial charge in [0.25, 0.3) is 0 Å². The average Bonchev–Trinajstić information content (AvgIpc) is 2.66. The number of amides is 2. The topological polar surface area (TPSA) is 86.8 Å². The summed E-state index contributed by atoms with van der Waals surface area (Å²) in [5.74, 6) is -1.34. The molecule has 0 saturated carbocycles. The molecule has 0 spiro atoms. The van der Waals surface area contributed by atoms with Crippen LogP contribution in [0.5, 0.6) is 0 Å². The van der Waals surface area contributed by atoms with Crippen LogP contribution in [0.3, 0.4) is 0 Å². The summed E-state index contributed by atoms with van der Waals surface area (Å²) in [7, 11) is -0.881. The van der Waals surface area contributed by atoms with Crippen LogP contribution in [-0.2, 0) is 19.6 Å². The molecule has 0 bridgehead atoms. The van der Waals surface area contributed by atoms with Crippen molar-refractivity contribution in [3.05, 3.63) is 47.2 Å². The summed E-state index contributed by atoms with van der Waals surface area (Å²) in [4.78, 5) is 26.8. The molecule has 1 N–H and O–H groups in total. The quantitative estimate of drug-likeness (QED) is 0.746. The van der Waals surface area contributed by atoms with Gasteiger partial charge in [-0.3, -0.25) is 9.59 Å². The molecule has 1 aliphatic heterocycles. The van der Waals surface area contributed by atoms with Crippen molar-refractivity contribution < 1.29 is 22.4 Å². The van der Waals surface area contributed by atoms with Gasteiger partial charge < -0.3 is 10.2 Å². The Kier molecular flexibility index (Phi) is 6.18. The molecule has 0 aromatic heterocycles. The van der Waals surface area contributed by atoms with Gasteiger partial charge in [-0.25, -0.2) is 17.1 Å². The third-order valence-corrected chi connectivity index (χ3v) is 7.31. The zero-order valence-corrected chi connectivity index (χ0v) is 17.9. The summed E-state index contributed by atoms with van der Waals surface area (Å²) in [5, 5.41) is 2.41. The highest BCUT2D eigenvalue weighted by molar-refractivity contribution is 8.00. The van der Waals surface area contributed by atoms with Crippen molar-refractivity contribution in [2.45, 2.75) is 9.79 Å². The molecule has 3 rings (SSSR count). The van der Waals surface area contributed by atoms with Crippen molar-refractivity contribution >= 4 is 56.6 Å². The fraction of sp³-hybridized carbons (Fsp3) is 0.222. The van der Waals surface area contributed by atoms with E-state index in [1.165, 1.54) is 55.0 Å². The summed E-state index contributed by atoms with van der Waals surface area (Å²) in [6, 6.07) is 8.20. The molecule has 0 unspecified atom stereocenters. The molecular formula is C18H17ClFN3O4S2. The second-order valence-electron chi connectivity index (χ2n) is 6.36. The maximum absolute atomic E-state index is 13.3. The normalized spacial score (nSPS) is 14.1. The number of benzene rings is 2. The van der Waals surface area contributed by atoms with Crippen LogP contribution >= 0.6 is 23.4 Å². The van der Waals surface area contributed by atoms with Crippen molar-refractivity contribution in [2.24, 2.45) is 0 Å². The first kappa shape index (κ1) is 21.6. The molecule has 2 aromatic carbocycles. The van der Waals surface area contributed by atoms with Crippen LogP contribution in [0.4, 0.5) is 15.8 Å². The standard InChI is InChI=1S/C18H17ClFN3O4S2/c1-22(2)29(26,27)12-4-6-16-15(8-12)23(18(25)10-28-16)9-17(24)21-11-3-5-14(20)13(19)7-11/h3-8H,9-10H2,1-2H3,(H,21,24). The highest BCUT2D eigenvalue weighted by Crippen LogP contribution is 2.37. The number of sulfonamides is 1. The Labute approximate surface area is 176 Å². The predicted octanol–water partition coefficient (Wildman–Crippen LogP) is 2.81. The van der Waals surface area contributed by atoms with Gasteiger partial charge >= 0.3 is 0 Å². The van der Waals surface area contributed by atoms with Gasteiger partial charge in [0.1, 0.15) is 12.4 Å². The van der Waals surface area contributed by atoms with Gasteiger partial charge in [-0.05, 0) is 36.4 Å². The van der Waals surface area contributed by atoms with Crippen molar-refractivity contribution in [2.75, 3.05) is 36.6 Å². The number of hydrogen-bond acceptors (Lipinski definition) is 5. The third kappa shape index (κ3) is 4.55. The van der Waals surface area contributed by atoms with Crippen molar-refractivity contribution in [3.63, 3.8) is 0 Å². The summed E-state index contributed by atoms with van der Waals surface area (Å²) < 4.78 is 39.2. The second kappa shape index (κ2) is 8.31. The van der Waals surface area contributed by atoms with Crippen LogP contribution in [0.25, 0.3) is 0 Å². The van der Waals surface area contributed by atoms with Gasteiger partial charge in [0, 0.05) is 24.7 Å². The molecule has 11 heteroatoms. The zero-order valence-electron chi connectivity index (χ0n) is 15.5. The van der Waals surface area contributed by atoms with E-state index in [0.717, 1.165) is 10.4 Å². The van der Waals surface area contributed by atoms with Gasteiger partial charge in [0.15, 0.2) is 0 Å². The van der Waals surface area contributed by atoms with Crippen LogP contribution < -0.4 is 10.2 Å². The summed E-state index contributed by atoms with van der Waals surface area (Å²) in [6.45, 7) is -0.327. The number of anilines is 2. The molecule has 2 aromatic rings. The Balaban J connectivity index is 1.87. The Bertz CT molecular complexity index is 1090. The van der Waals surface area contributed by atoms with E-state index in [0.29, 0.717) is 10.6 Å². The van der Waals surface area contributed by atoms with Crippen molar-refractivity contribution in [1.29, 1.82) is 0 Å². The maximum atomic E-state index is 13.3. The van der Waals surface area contributed by atoms with Crippen LogP contribution in [0.1, 0.15) is 0 Å². The fourth-order valence-corrected chi connectivity index (χ4v) is 4.66. The van der Waals surface area contributed by atoms with E-state index in [1.807, 2.05) is 0 Å². The third-order valence-electron chi connectivity index (χ3n) is 4.16. The number of nitrogens with one attached hydrogen (secondary N) is 1. The van der Waals surface area contributed by atoms with Gasteiger partial charge in [-0.15, -0.1) is 11.8 Å². The molecule has 0 radical (unpaired) electrons. The van der Waals surface area contributed by atoms with E-state index in [1.54, 1.807) is 6.07 Å². The van der Waals surface area contributed by atoms with Crippen LogP contribution in [-0.4, -0.2) is 50.9 Å². The minimum absolute atomic E-state index is 0.0206. The number of nitrogens with zero attached hydrogens (tertiary/aromatic N) is 2. The van der Waals surface area contributed by atoms with Gasteiger partial charge in [-0.1, -0.05) is 11.6 Å². The molecule has 0 aliphatic carbocycles. The molecule has 1 aliphatic rings. The van der Waals surface area contributed by atoms with Crippen LogP contribution in [0.15, 0.2) is 46.2 Å². The Morgan fingerprint density at radius 1 is 1.28 bits per heavy atom. The number of hydrogen-bond donors (Lipinski definition) is 1. The first-order chi connectivity index (χ1) is 13.6. The maximum Gasteiger partial charge on any atom is 0.244 e. The monoisotopic (exact) mass is 457 g/mol. The van der Waals surface area contributed by atoms with Gasteiger partial charge in [0.05, 0.1) is 21.4 Å². The Hall–Kier alpha value is -2.14. The van der Waals surface area contributed by atoms with E-state index < -0.39 is 21.7 Å². The molecule has 0 atom stereocenters. The summed E-state index contributed by atoms with van der Waals surface area (Å²) in [6.07, 6.45) is 0. The van der Waals surface area contributed by atoms with E-state index >= 15 is 0 Å². The Morgan fingerprint density at radius 3 is 2.66 bits per heavy atom. The zero-order chi connectivity index (χ0) is 21.3. The Morgan fingerprint density at radius 2 is 2.00 bits per heavy atom. The lowest BCUT2D eigenvalue weighted by atomic mass is 10.2. The van der Waals surface area contributed by atoms with Gasteiger partial charge in [0.2, 0.25) is 21.8 Å². The van der Waals surface area contributed by atoms with Crippen molar-refractivity contribution in [3.8, 4) is 0 Å². The lowest BCUT2D eigenvalue weighted by molar-refractivity contribution is -0.120. The molecule has 154 valence electrons. The van der Waals surface area contributed by atoms with Crippen molar-refractivity contribution in [1.82, 2.24) is 4.31 Å². The lowest BCUT2D eigenvalue weighted by Crippen LogP contribution is -2.41. The van der Waals surface area contributed by atoms with E-state index in [9.17, 15) is 22.4 Å². The lowest BCUT2D eigenvalue weighted by Gasteiger charge is -2.29. The molecular weight excluding hydrogens is 441 g/mol. The SMILES string of the molecule is CN(C)S(=O)(=O)c1ccc2c(c1)N(CC(=O)Nc1ccc(F)c(Cl)c1)C(=O)CS2. The number of halogens is 2. The van der Waals surface area contributed by atoms with E-state index in [-0.39, 0.29) is 33.8 Å². The first-order valence-corrected chi connectivity index (χ1v) is 11.1. The van der Waals surface area contributed by atoms with E-state index in [4.69, 9.17) is 11.6 Å². The summed E-state index contributed by atoms with van der Waals surface area (Å²) in [5.41, 5.74) is 0.630. The average molecular weight is 458 g/mol. The minimum atomic E-state index is -3.70. The smallest absolute Gasteiger partial charge is 0.244 e. The largest absolute Gasteiger partial charge is 0.324 e. The molecule has 2 amide bonds. The number of thioether (sulfide) groups is 1. The number of fused-ring (bicyclic) bond motifs is 1. The number of carbonyl (C=O) groups is 2. The van der Waals surface area contributed by atoms with Gasteiger partial charge in [-0.2, -0.15) is 0 Å².